The van der Waals surface area contributed by atoms with Gasteiger partial charge in [0.05, 0.1) is 17.9 Å². The summed E-state index contributed by atoms with van der Waals surface area (Å²) in [5, 5.41) is 19.6. The van der Waals surface area contributed by atoms with Crippen molar-refractivity contribution in [2.75, 3.05) is 59.7 Å². The molecule has 1 unspecified atom stereocenters. The number of hydrogen-bond donors (Lipinski definition) is 4. The number of anilines is 5. The average Bonchev–Trinajstić information content (AvgIpc) is 3.49. The molecule has 8 rings (SSSR count). The van der Waals surface area contributed by atoms with Crippen molar-refractivity contribution in [1.29, 1.82) is 0 Å². The minimum Gasteiger partial charge on any atom is -0.384 e. The maximum Gasteiger partial charge on any atom is 0.278 e. The molecule has 5 aromatic rings. The molecule has 3 saturated heterocycles. The molecule has 302 valence electrons. The third kappa shape index (κ3) is 8.02. The van der Waals surface area contributed by atoms with E-state index < -0.39 is 11.6 Å². The van der Waals surface area contributed by atoms with Crippen LogP contribution in [-0.2, 0) is 21.7 Å². The number of carbonyl (C=O) groups excluding carboxylic acids is 2. The van der Waals surface area contributed by atoms with Crippen molar-refractivity contribution in [1.82, 2.24) is 34.5 Å². The number of piperidine rings is 2. The van der Waals surface area contributed by atoms with Gasteiger partial charge in [-0.25, -0.2) is 23.7 Å². The lowest BCUT2D eigenvalue weighted by atomic mass is 10.0. The Balaban J connectivity index is 0.862. The van der Waals surface area contributed by atoms with E-state index >= 15 is 4.39 Å². The second-order valence-corrected chi connectivity index (χ2v) is 15.6. The van der Waals surface area contributed by atoms with Crippen molar-refractivity contribution >= 4 is 51.5 Å². The number of pyridine rings is 1. The summed E-state index contributed by atoms with van der Waals surface area (Å²) in [4.78, 5) is 57.8. The monoisotopic (exact) mass is 789 g/mol. The van der Waals surface area contributed by atoms with Crippen LogP contribution in [0.15, 0.2) is 84.3 Å². The first kappa shape index (κ1) is 38.7. The maximum atomic E-state index is 15.3. The lowest BCUT2D eigenvalue weighted by Crippen LogP contribution is -2.53. The zero-order valence-electron chi connectivity index (χ0n) is 32.7. The molecule has 3 fully saturated rings. The molecule has 0 aliphatic carbocycles. The molecule has 3 aliphatic heterocycles. The Morgan fingerprint density at radius 2 is 1.67 bits per heavy atom. The van der Waals surface area contributed by atoms with Crippen LogP contribution >= 0.6 is 0 Å². The van der Waals surface area contributed by atoms with E-state index in [0.29, 0.717) is 52.3 Å². The number of amides is 2. The summed E-state index contributed by atoms with van der Waals surface area (Å²) in [5.41, 5.74) is 2.40. The lowest BCUT2D eigenvalue weighted by molar-refractivity contribution is -0.133. The number of hydrogen-bond acceptors (Lipinski definition) is 12. The Labute approximate surface area is 335 Å². The molecule has 6 heterocycles. The summed E-state index contributed by atoms with van der Waals surface area (Å²) in [6.07, 6.45) is 5.86. The van der Waals surface area contributed by atoms with Gasteiger partial charge in [-0.2, -0.15) is 4.98 Å². The number of aromatic nitrogens is 5. The quantitative estimate of drug-likeness (QED) is 0.111. The topological polar surface area (TPSA) is 166 Å². The third-order valence-electron chi connectivity index (χ3n) is 11.2. The summed E-state index contributed by atoms with van der Waals surface area (Å²) in [6, 6.07) is 18.3. The fourth-order valence-electron chi connectivity index (χ4n) is 8.08. The highest BCUT2D eigenvalue weighted by Gasteiger charge is 2.30. The number of aliphatic hydroxyl groups is 1. The Morgan fingerprint density at radius 3 is 2.36 bits per heavy atom. The van der Waals surface area contributed by atoms with E-state index in [-0.39, 0.29) is 36.2 Å². The summed E-state index contributed by atoms with van der Waals surface area (Å²) in [6.45, 7) is 12.4. The third-order valence-corrected chi connectivity index (χ3v) is 11.2. The van der Waals surface area contributed by atoms with Gasteiger partial charge in [0.25, 0.3) is 5.56 Å². The fourth-order valence-corrected chi connectivity index (χ4v) is 8.08. The minimum atomic E-state index is -1.18. The summed E-state index contributed by atoms with van der Waals surface area (Å²) >= 11 is 0. The van der Waals surface area contributed by atoms with Crippen LogP contribution in [-0.4, -0.2) is 97.5 Å². The largest absolute Gasteiger partial charge is 0.384 e. The first-order valence-corrected chi connectivity index (χ1v) is 19.8. The lowest BCUT2D eigenvalue weighted by Gasteiger charge is -2.44. The van der Waals surface area contributed by atoms with Crippen LogP contribution in [0, 0.1) is 5.82 Å². The fraction of sp³-hybridized carbons (Fsp3) is 0.381. The number of rotatable bonds is 11. The van der Waals surface area contributed by atoms with E-state index in [4.69, 9.17) is 4.98 Å². The van der Waals surface area contributed by atoms with E-state index in [0.717, 1.165) is 63.5 Å². The first-order chi connectivity index (χ1) is 27.9. The average molecular weight is 790 g/mol. The second kappa shape index (κ2) is 16.0. The molecular weight excluding hydrogens is 742 g/mol. The smallest absolute Gasteiger partial charge is 0.278 e. The highest BCUT2D eigenvalue weighted by atomic mass is 19.1. The molecule has 3 aliphatic rings. The van der Waals surface area contributed by atoms with Crippen LogP contribution in [0.25, 0.3) is 16.9 Å². The maximum absolute atomic E-state index is 15.3. The molecule has 0 radical (unpaired) electrons. The molecule has 2 amide bonds. The Morgan fingerprint density at radius 1 is 0.931 bits per heavy atom. The molecule has 3 aromatic heterocycles. The molecule has 2 aromatic carbocycles. The predicted octanol–water partition coefficient (Wildman–Crippen LogP) is 4.28. The van der Waals surface area contributed by atoms with Crippen LogP contribution in [0.4, 0.5) is 33.1 Å². The number of imide groups is 1. The summed E-state index contributed by atoms with van der Waals surface area (Å²) in [5.74, 6) is -0.232. The highest BCUT2D eigenvalue weighted by Crippen LogP contribution is 2.29. The summed E-state index contributed by atoms with van der Waals surface area (Å²) < 4.78 is 18.4. The SMILES string of the molecule is C=CCn1c(=O)c2cnc(Nc3ccc(N4CCC(N5CCN(c6ccc(NC7CCC(=O)NC7=O)cc6F)CC5)CC4)cc3)nc2n1-c1cccc(C(C)(C)O)n1. The van der Waals surface area contributed by atoms with Crippen molar-refractivity contribution in [2.45, 2.75) is 63.8 Å². The van der Waals surface area contributed by atoms with Crippen LogP contribution < -0.4 is 31.3 Å². The number of halogens is 1. The molecule has 0 saturated carbocycles. The van der Waals surface area contributed by atoms with E-state index in [1.807, 2.05) is 12.1 Å². The number of carbonyl (C=O) groups is 2. The first-order valence-electron chi connectivity index (χ1n) is 19.8. The number of piperazine rings is 1. The van der Waals surface area contributed by atoms with Crippen molar-refractivity contribution in [3.8, 4) is 5.82 Å². The van der Waals surface area contributed by atoms with Gasteiger partial charge in [-0.05, 0) is 87.7 Å². The van der Waals surface area contributed by atoms with Gasteiger partial charge in [0, 0.05) is 75.0 Å². The molecule has 0 spiro atoms. The van der Waals surface area contributed by atoms with Gasteiger partial charge in [-0.3, -0.25) is 24.6 Å². The van der Waals surface area contributed by atoms with Gasteiger partial charge < -0.3 is 25.5 Å². The van der Waals surface area contributed by atoms with Gasteiger partial charge in [0.1, 0.15) is 22.8 Å². The zero-order valence-corrected chi connectivity index (χ0v) is 32.7. The van der Waals surface area contributed by atoms with Crippen LogP contribution in [0.3, 0.4) is 0 Å². The number of nitrogens with one attached hydrogen (secondary N) is 3. The second-order valence-electron chi connectivity index (χ2n) is 15.6. The zero-order chi connectivity index (χ0) is 40.6. The van der Waals surface area contributed by atoms with Gasteiger partial charge in [-0.1, -0.05) is 12.1 Å². The molecule has 16 heteroatoms. The van der Waals surface area contributed by atoms with Crippen molar-refractivity contribution in [2.24, 2.45) is 0 Å². The molecule has 1 atom stereocenters. The van der Waals surface area contributed by atoms with E-state index in [2.05, 4.69) is 59.3 Å². The Hall–Kier alpha value is -6.13. The van der Waals surface area contributed by atoms with Gasteiger partial charge in [0.15, 0.2) is 11.5 Å². The van der Waals surface area contributed by atoms with Crippen molar-refractivity contribution < 1.29 is 19.1 Å². The highest BCUT2D eigenvalue weighted by molar-refractivity contribution is 6.01. The van der Waals surface area contributed by atoms with Crippen LogP contribution in [0.1, 0.15) is 45.2 Å². The Bertz CT molecular complexity index is 2390. The number of allylic oxidation sites excluding steroid dienone is 1. The molecular formula is C42H48FN11O4. The number of fused-ring (bicyclic) bond motifs is 1. The Kier molecular flexibility index (Phi) is 10.7. The normalized spacial score (nSPS) is 18.4. The van der Waals surface area contributed by atoms with Crippen molar-refractivity contribution in [3.05, 3.63) is 101 Å². The van der Waals surface area contributed by atoms with Crippen LogP contribution in [0.5, 0.6) is 0 Å². The van der Waals surface area contributed by atoms with Crippen molar-refractivity contribution in [3.63, 3.8) is 0 Å². The van der Waals surface area contributed by atoms with Gasteiger partial charge in [-0.15, -0.1) is 6.58 Å². The molecule has 0 bridgehead atoms. The van der Waals surface area contributed by atoms with E-state index in [1.165, 1.54) is 16.9 Å². The standard InChI is InChI=1S/C42H48FN11O4/c1-4-18-53-40(57)31-26-44-41(49-38(31)54(53)36-7-5-6-35(47-36)42(2,3)58)46-27-8-11-29(12-9-27)50-19-16-30(17-20-50)51-21-23-52(24-22-51)34-14-10-28(25-32(34)43)45-33-13-15-37(55)48-39(33)56/h4-12,14,25-26,30,33,45,58H,1,13,15-24H2,2-3H3,(H,44,46,49)(H,48,55,56). The predicted molar refractivity (Wildman–Crippen MR) is 221 cm³/mol. The van der Waals surface area contributed by atoms with Gasteiger partial charge in [0.2, 0.25) is 17.8 Å². The molecule has 58 heavy (non-hydrogen) atoms. The van der Waals surface area contributed by atoms with E-state index in [1.54, 1.807) is 54.9 Å². The molecule has 4 N–H and O–H groups in total. The van der Waals surface area contributed by atoms with Crippen LogP contribution in [0.2, 0.25) is 0 Å². The summed E-state index contributed by atoms with van der Waals surface area (Å²) in [7, 11) is 0. The van der Waals surface area contributed by atoms with E-state index in [9.17, 15) is 19.5 Å². The number of benzene rings is 2. The molecule has 15 nitrogen and oxygen atoms in total. The number of nitrogens with zero attached hydrogens (tertiary/aromatic N) is 8. The van der Waals surface area contributed by atoms with Gasteiger partial charge >= 0.3 is 0 Å². The minimum absolute atomic E-state index is 0.230.